The zero-order valence-corrected chi connectivity index (χ0v) is 17.5. The first kappa shape index (κ1) is 21.5. The first-order valence-electron chi connectivity index (χ1n) is 9.68. The highest BCUT2D eigenvalue weighted by atomic mass is 16.6. The van der Waals surface area contributed by atoms with E-state index >= 15 is 0 Å². The van der Waals surface area contributed by atoms with Gasteiger partial charge in [0.05, 0.1) is 13.2 Å². The third kappa shape index (κ3) is 6.15. The number of carbonyl (C=O) groups is 1. The van der Waals surface area contributed by atoms with Crippen molar-refractivity contribution in [3.05, 3.63) is 71.0 Å². The van der Waals surface area contributed by atoms with Gasteiger partial charge in [-0.05, 0) is 48.6 Å². The SMILES string of the molecule is CCOC(=O)/C(=C/c1ccc(OCc2ccccc2)c(C(C)(C)C)c1)OCC. The molecule has 0 spiro atoms. The lowest BCUT2D eigenvalue weighted by Gasteiger charge is -2.23. The van der Waals surface area contributed by atoms with E-state index in [1.54, 1.807) is 13.0 Å². The van der Waals surface area contributed by atoms with Crippen molar-refractivity contribution in [3.63, 3.8) is 0 Å². The summed E-state index contributed by atoms with van der Waals surface area (Å²) in [7, 11) is 0. The Bertz CT molecular complexity index is 801. The van der Waals surface area contributed by atoms with E-state index in [1.807, 2.05) is 55.5 Å². The van der Waals surface area contributed by atoms with Gasteiger partial charge in [0, 0.05) is 5.56 Å². The lowest BCUT2D eigenvalue weighted by atomic mass is 9.85. The van der Waals surface area contributed by atoms with Crippen LogP contribution in [0.5, 0.6) is 5.75 Å². The zero-order valence-electron chi connectivity index (χ0n) is 17.5. The summed E-state index contributed by atoms with van der Waals surface area (Å²) in [6.45, 7) is 11.2. The monoisotopic (exact) mass is 382 g/mol. The molecule has 2 aromatic rings. The van der Waals surface area contributed by atoms with Crippen molar-refractivity contribution < 1.29 is 19.0 Å². The van der Waals surface area contributed by atoms with Crippen LogP contribution < -0.4 is 4.74 Å². The number of ether oxygens (including phenoxy) is 3. The normalized spacial score (nSPS) is 11.8. The van der Waals surface area contributed by atoms with E-state index in [1.165, 1.54) is 0 Å². The summed E-state index contributed by atoms with van der Waals surface area (Å²) in [5.41, 5.74) is 2.93. The second-order valence-corrected chi connectivity index (χ2v) is 7.44. The highest BCUT2D eigenvalue weighted by Gasteiger charge is 2.20. The molecule has 0 atom stereocenters. The molecule has 4 heteroatoms. The molecule has 28 heavy (non-hydrogen) atoms. The Morgan fingerprint density at radius 3 is 2.25 bits per heavy atom. The first-order valence-corrected chi connectivity index (χ1v) is 9.68. The lowest BCUT2D eigenvalue weighted by molar-refractivity contribution is -0.142. The van der Waals surface area contributed by atoms with Crippen molar-refractivity contribution in [3.8, 4) is 5.75 Å². The molecule has 0 aliphatic rings. The van der Waals surface area contributed by atoms with Gasteiger partial charge in [-0.25, -0.2) is 4.79 Å². The molecule has 0 saturated carbocycles. The van der Waals surface area contributed by atoms with Crippen LogP contribution in [0.1, 0.15) is 51.3 Å². The average molecular weight is 383 g/mol. The van der Waals surface area contributed by atoms with Gasteiger partial charge in [0.2, 0.25) is 5.76 Å². The summed E-state index contributed by atoms with van der Waals surface area (Å²) in [6.07, 6.45) is 1.72. The van der Waals surface area contributed by atoms with Crippen LogP contribution in [0.3, 0.4) is 0 Å². The number of benzene rings is 2. The minimum absolute atomic E-state index is 0.119. The van der Waals surface area contributed by atoms with Crippen molar-refractivity contribution in [1.82, 2.24) is 0 Å². The zero-order chi connectivity index (χ0) is 20.6. The third-order valence-electron chi connectivity index (χ3n) is 4.12. The summed E-state index contributed by atoms with van der Waals surface area (Å²) in [5.74, 6) is 0.593. The van der Waals surface area contributed by atoms with Gasteiger partial charge in [-0.15, -0.1) is 0 Å². The second kappa shape index (κ2) is 9.98. The van der Waals surface area contributed by atoms with Gasteiger partial charge in [-0.3, -0.25) is 0 Å². The average Bonchev–Trinajstić information content (AvgIpc) is 2.67. The van der Waals surface area contributed by atoms with E-state index in [4.69, 9.17) is 14.2 Å². The van der Waals surface area contributed by atoms with Gasteiger partial charge in [-0.2, -0.15) is 0 Å². The predicted molar refractivity (Wildman–Crippen MR) is 112 cm³/mol. The number of hydrogen-bond donors (Lipinski definition) is 0. The van der Waals surface area contributed by atoms with Crippen LogP contribution in [0.15, 0.2) is 54.3 Å². The number of carbonyl (C=O) groups excluding carboxylic acids is 1. The van der Waals surface area contributed by atoms with Gasteiger partial charge < -0.3 is 14.2 Å². The molecule has 4 nitrogen and oxygen atoms in total. The van der Waals surface area contributed by atoms with Crippen LogP contribution in [-0.4, -0.2) is 19.2 Å². The predicted octanol–water partition coefficient (Wildman–Crippen LogP) is 5.50. The molecule has 0 fully saturated rings. The molecule has 2 rings (SSSR count). The highest BCUT2D eigenvalue weighted by molar-refractivity contribution is 5.91. The van der Waals surface area contributed by atoms with Crippen molar-refractivity contribution in [1.29, 1.82) is 0 Å². The molecule has 0 aliphatic heterocycles. The number of esters is 1. The molecule has 0 saturated heterocycles. The molecule has 0 heterocycles. The Hall–Kier alpha value is -2.75. The van der Waals surface area contributed by atoms with Crippen molar-refractivity contribution in [2.75, 3.05) is 13.2 Å². The van der Waals surface area contributed by atoms with Crippen molar-refractivity contribution >= 4 is 12.0 Å². The van der Waals surface area contributed by atoms with Gasteiger partial charge in [-0.1, -0.05) is 57.2 Å². The molecule has 0 bridgehead atoms. The Kier molecular flexibility index (Phi) is 7.68. The fourth-order valence-electron chi connectivity index (χ4n) is 2.75. The Balaban J connectivity index is 2.32. The van der Waals surface area contributed by atoms with Crippen LogP contribution in [0.25, 0.3) is 6.08 Å². The Labute approximate surface area is 168 Å². The van der Waals surface area contributed by atoms with Gasteiger partial charge in [0.15, 0.2) is 0 Å². The maximum absolute atomic E-state index is 12.1. The summed E-state index contributed by atoms with van der Waals surface area (Å²) in [6, 6.07) is 16.0. The minimum atomic E-state index is -0.453. The fraction of sp³-hybridized carbons (Fsp3) is 0.375. The van der Waals surface area contributed by atoms with E-state index in [2.05, 4.69) is 20.8 Å². The summed E-state index contributed by atoms with van der Waals surface area (Å²) < 4.78 is 16.7. The van der Waals surface area contributed by atoms with E-state index in [-0.39, 0.29) is 11.2 Å². The van der Waals surface area contributed by atoms with Crippen LogP contribution in [-0.2, 0) is 26.3 Å². The molecule has 0 amide bonds. The molecule has 0 aromatic heterocycles. The molecule has 0 radical (unpaired) electrons. The van der Waals surface area contributed by atoms with E-state index in [0.29, 0.717) is 19.8 Å². The Morgan fingerprint density at radius 2 is 1.64 bits per heavy atom. The standard InChI is InChI=1S/C24H30O4/c1-6-26-22(23(25)27-7-2)16-19-13-14-21(20(15-19)24(3,4)5)28-17-18-11-9-8-10-12-18/h8-16H,6-7,17H2,1-5H3/b22-16-. The van der Waals surface area contributed by atoms with Crippen LogP contribution in [0, 0.1) is 0 Å². The molecular formula is C24H30O4. The molecule has 0 unspecified atom stereocenters. The topological polar surface area (TPSA) is 44.8 Å². The highest BCUT2D eigenvalue weighted by Crippen LogP contribution is 2.33. The fourth-order valence-corrected chi connectivity index (χ4v) is 2.75. The smallest absolute Gasteiger partial charge is 0.373 e. The van der Waals surface area contributed by atoms with Crippen LogP contribution in [0.4, 0.5) is 0 Å². The second-order valence-electron chi connectivity index (χ2n) is 7.44. The third-order valence-corrected chi connectivity index (χ3v) is 4.12. The molecule has 0 N–H and O–H groups in total. The number of rotatable bonds is 8. The Morgan fingerprint density at radius 1 is 0.964 bits per heavy atom. The van der Waals surface area contributed by atoms with Crippen molar-refractivity contribution in [2.45, 2.75) is 46.6 Å². The summed E-state index contributed by atoms with van der Waals surface area (Å²) in [4.78, 5) is 12.1. The quantitative estimate of drug-likeness (QED) is 0.343. The first-order chi connectivity index (χ1) is 13.3. The van der Waals surface area contributed by atoms with Gasteiger partial charge >= 0.3 is 5.97 Å². The van der Waals surface area contributed by atoms with Crippen LogP contribution >= 0.6 is 0 Å². The van der Waals surface area contributed by atoms with Gasteiger partial charge in [0.1, 0.15) is 12.4 Å². The van der Waals surface area contributed by atoms with E-state index < -0.39 is 5.97 Å². The van der Waals surface area contributed by atoms with E-state index in [9.17, 15) is 4.79 Å². The molecule has 0 aliphatic carbocycles. The van der Waals surface area contributed by atoms with E-state index in [0.717, 1.165) is 22.4 Å². The molecular weight excluding hydrogens is 352 g/mol. The summed E-state index contributed by atoms with van der Waals surface area (Å²) >= 11 is 0. The summed E-state index contributed by atoms with van der Waals surface area (Å²) in [5, 5.41) is 0. The number of hydrogen-bond acceptors (Lipinski definition) is 4. The maximum Gasteiger partial charge on any atom is 0.373 e. The largest absolute Gasteiger partial charge is 0.489 e. The minimum Gasteiger partial charge on any atom is -0.489 e. The maximum atomic E-state index is 12.1. The van der Waals surface area contributed by atoms with Crippen LogP contribution in [0.2, 0.25) is 0 Å². The van der Waals surface area contributed by atoms with Gasteiger partial charge in [0.25, 0.3) is 0 Å². The lowest BCUT2D eigenvalue weighted by Crippen LogP contribution is -2.14. The molecule has 150 valence electrons. The molecule has 2 aromatic carbocycles. The van der Waals surface area contributed by atoms with Crippen molar-refractivity contribution in [2.24, 2.45) is 0 Å².